The number of aliphatic hydroxyl groups is 1. The summed E-state index contributed by atoms with van der Waals surface area (Å²) in [5, 5.41) is 18.2. The summed E-state index contributed by atoms with van der Waals surface area (Å²) < 4.78 is 0. The minimum atomic E-state index is -0.272. The highest BCUT2D eigenvalue weighted by Gasteiger charge is 2.03. The molecule has 68 valence electrons. The van der Waals surface area contributed by atoms with Crippen molar-refractivity contribution in [3.63, 3.8) is 0 Å². The average Bonchev–Trinajstić information content (AvgIpc) is 2.09. The number of rotatable bonds is 0. The number of aromatic hydroxyl groups is 1. The third-order valence-electron chi connectivity index (χ3n) is 1.41. The first-order chi connectivity index (χ1) is 6.15. The number of phenolic OH excluding ortho intramolecular Hbond substituents is 1. The van der Waals surface area contributed by atoms with E-state index < -0.39 is 0 Å². The van der Waals surface area contributed by atoms with Gasteiger partial charge < -0.3 is 15.9 Å². The molecule has 0 aromatic heterocycles. The van der Waals surface area contributed by atoms with Gasteiger partial charge in [-0.05, 0) is 12.1 Å². The lowest BCUT2D eigenvalue weighted by atomic mass is 10.2. The lowest BCUT2D eigenvalue weighted by Crippen LogP contribution is -1.88. The Balaban J connectivity index is 3.20. The van der Waals surface area contributed by atoms with Crippen LogP contribution in [0.25, 0.3) is 0 Å². The molecule has 4 N–H and O–H groups in total. The normalized spacial score (nSPS) is 9.08. The maximum atomic E-state index is 9.38. The lowest BCUT2D eigenvalue weighted by molar-refractivity contribution is 0.350. The summed E-state index contributed by atoms with van der Waals surface area (Å²) in [6.07, 6.45) is 0. The molecule has 1 rings (SSSR count). The van der Waals surface area contributed by atoms with Gasteiger partial charge in [0.15, 0.2) is 5.75 Å². The second kappa shape index (κ2) is 4.04. The molecular formula is C9H8ClNO2. The average molecular weight is 198 g/mol. The number of anilines is 1. The summed E-state index contributed by atoms with van der Waals surface area (Å²) in [5.74, 6) is 4.81. The molecule has 0 radical (unpaired) electrons. The van der Waals surface area contributed by atoms with Crippen LogP contribution in [0.4, 0.5) is 5.69 Å². The zero-order valence-corrected chi connectivity index (χ0v) is 7.47. The highest BCUT2D eigenvalue weighted by molar-refractivity contribution is 6.31. The molecule has 1 aromatic rings. The Morgan fingerprint density at radius 3 is 2.77 bits per heavy atom. The summed E-state index contributed by atoms with van der Waals surface area (Å²) in [5.41, 5.74) is 5.92. The zero-order valence-electron chi connectivity index (χ0n) is 6.71. The van der Waals surface area contributed by atoms with E-state index in [-0.39, 0.29) is 18.0 Å². The van der Waals surface area contributed by atoms with Gasteiger partial charge in [0.2, 0.25) is 0 Å². The molecule has 0 atom stereocenters. The molecule has 13 heavy (non-hydrogen) atoms. The standard InChI is InChI=1S/C9H8ClNO2/c10-7-4-6(2-1-3-12)9(13)8(11)5-7/h4-5,12-13H,3,11H2. The molecule has 0 saturated heterocycles. The second-order valence-electron chi connectivity index (χ2n) is 2.35. The van der Waals surface area contributed by atoms with Gasteiger partial charge in [0.05, 0.1) is 11.3 Å². The Hall–Kier alpha value is -1.37. The van der Waals surface area contributed by atoms with Crippen LogP contribution in [0.3, 0.4) is 0 Å². The summed E-state index contributed by atoms with van der Waals surface area (Å²) in [6, 6.07) is 2.91. The Labute approximate surface area is 80.8 Å². The minimum absolute atomic E-state index is 0.106. The van der Waals surface area contributed by atoms with Crippen molar-refractivity contribution in [1.82, 2.24) is 0 Å². The fourth-order valence-electron chi connectivity index (χ4n) is 0.850. The van der Waals surface area contributed by atoms with Gasteiger partial charge in [-0.15, -0.1) is 0 Å². The van der Waals surface area contributed by atoms with Crippen LogP contribution < -0.4 is 5.73 Å². The van der Waals surface area contributed by atoms with Gasteiger partial charge in [-0.25, -0.2) is 0 Å². The molecule has 0 fully saturated rings. The Kier molecular flexibility index (Phi) is 3.02. The van der Waals surface area contributed by atoms with Crippen LogP contribution in [0, 0.1) is 11.8 Å². The maximum absolute atomic E-state index is 9.38. The minimum Gasteiger partial charge on any atom is -0.505 e. The van der Waals surface area contributed by atoms with E-state index in [0.717, 1.165) is 0 Å². The molecule has 3 nitrogen and oxygen atoms in total. The highest BCUT2D eigenvalue weighted by Crippen LogP contribution is 2.28. The molecule has 1 aromatic carbocycles. The Bertz CT molecular complexity index is 379. The van der Waals surface area contributed by atoms with Gasteiger partial charge in [0.1, 0.15) is 6.61 Å². The molecular weight excluding hydrogens is 190 g/mol. The molecule has 0 amide bonds. The van der Waals surface area contributed by atoms with Crippen LogP contribution >= 0.6 is 11.6 Å². The molecule has 0 aliphatic carbocycles. The van der Waals surface area contributed by atoms with Crippen molar-refractivity contribution in [3.05, 3.63) is 22.7 Å². The van der Waals surface area contributed by atoms with E-state index in [9.17, 15) is 5.11 Å². The second-order valence-corrected chi connectivity index (χ2v) is 2.79. The van der Waals surface area contributed by atoms with E-state index in [0.29, 0.717) is 10.6 Å². The van der Waals surface area contributed by atoms with Crippen LogP contribution in [0.5, 0.6) is 5.75 Å². The van der Waals surface area contributed by atoms with Crippen molar-refractivity contribution in [2.45, 2.75) is 0 Å². The van der Waals surface area contributed by atoms with E-state index in [1.807, 2.05) is 0 Å². The highest BCUT2D eigenvalue weighted by atomic mass is 35.5. The smallest absolute Gasteiger partial charge is 0.154 e. The predicted molar refractivity (Wildman–Crippen MR) is 51.5 cm³/mol. The fraction of sp³-hybridized carbons (Fsp3) is 0.111. The fourth-order valence-corrected chi connectivity index (χ4v) is 1.08. The van der Waals surface area contributed by atoms with Crippen LogP contribution in [-0.4, -0.2) is 16.8 Å². The van der Waals surface area contributed by atoms with E-state index >= 15 is 0 Å². The number of hydrogen-bond acceptors (Lipinski definition) is 3. The quantitative estimate of drug-likeness (QED) is 0.330. The summed E-state index contributed by atoms with van der Waals surface area (Å²) >= 11 is 5.68. The molecule has 0 bridgehead atoms. The van der Waals surface area contributed by atoms with Crippen LogP contribution in [0.15, 0.2) is 12.1 Å². The first-order valence-corrected chi connectivity index (χ1v) is 3.90. The number of benzene rings is 1. The van der Waals surface area contributed by atoms with Gasteiger partial charge in [-0.3, -0.25) is 0 Å². The largest absolute Gasteiger partial charge is 0.505 e. The van der Waals surface area contributed by atoms with Gasteiger partial charge in [-0.2, -0.15) is 0 Å². The van der Waals surface area contributed by atoms with Crippen molar-refractivity contribution in [3.8, 4) is 17.6 Å². The molecule has 4 heteroatoms. The Morgan fingerprint density at radius 1 is 1.46 bits per heavy atom. The van der Waals surface area contributed by atoms with Gasteiger partial charge in [-0.1, -0.05) is 23.4 Å². The summed E-state index contributed by atoms with van der Waals surface area (Å²) in [6.45, 7) is -0.272. The van der Waals surface area contributed by atoms with Crippen molar-refractivity contribution in [2.75, 3.05) is 12.3 Å². The van der Waals surface area contributed by atoms with Gasteiger partial charge >= 0.3 is 0 Å². The number of aliphatic hydroxyl groups excluding tert-OH is 1. The van der Waals surface area contributed by atoms with Gasteiger partial charge in [0, 0.05) is 5.02 Å². The van der Waals surface area contributed by atoms with E-state index in [1.165, 1.54) is 12.1 Å². The topological polar surface area (TPSA) is 66.5 Å². The number of hydrogen-bond donors (Lipinski definition) is 3. The van der Waals surface area contributed by atoms with Crippen molar-refractivity contribution in [1.29, 1.82) is 0 Å². The molecule has 0 aliphatic heterocycles. The first kappa shape index (κ1) is 9.72. The molecule has 0 heterocycles. The summed E-state index contributed by atoms with van der Waals surface area (Å²) in [7, 11) is 0. The monoisotopic (exact) mass is 197 g/mol. The van der Waals surface area contributed by atoms with E-state index in [4.69, 9.17) is 22.4 Å². The third kappa shape index (κ3) is 2.28. The van der Waals surface area contributed by atoms with Crippen molar-refractivity contribution >= 4 is 17.3 Å². The van der Waals surface area contributed by atoms with Crippen LogP contribution in [0.2, 0.25) is 5.02 Å². The number of halogens is 1. The zero-order chi connectivity index (χ0) is 9.84. The van der Waals surface area contributed by atoms with Gasteiger partial charge in [0.25, 0.3) is 0 Å². The summed E-state index contributed by atoms with van der Waals surface area (Å²) in [4.78, 5) is 0. The van der Waals surface area contributed by atoms with E-state index in [1.54, 1.807) is 0 Å². The first-order valence-electron chi connectivity index (χ1n) is 3.53. The number of phenols is 1. The van der Waals surface area contributed by atoms with E-state index in [2.05, 4.69) is 11.8 Å². The SMILES string of the molecule is Nc1cc(Cl)cc(C#CCO)c1O. The van der Waals surface area contributed by atoms with Crippen LogP contribution in [0.1, 0.15) is 5.56 Å². The Morgan fingerprint density at radius 2 is 2.15 bits per heavy atom. The number of nitrogen functional groups attached to an aromatic ring is 1. The molecule has 0 saturated carbocycles. The van der Waals surface area contributed by atoms with Crippen molar-refractivity contribution < 1.29 is 10.2 Å². The van der Waals surface area contributed by atoms with Crippen LogP contribution in [-0.2, 0) is 0 Å². The predicted octanol–water partition coefficient (Wildman–Crippen LogP) is 0.972. The maximum Gasteiger partial charge on any atom is 0.154 e. The number of nitrogens with two attached hydrogens (primary N) is 1. The molecule has 0 unspecified atom stereocenters. The molecule has 0 aliphatic rings. The van der Waals surface area contributed by atoms with Crippen molar-refractivity contribution in [2.24, 2.45) is 0 Å². The third-order valence-corrected chi connectivity index (χ3v) is 1.62. The lowest BCUT2D eigenvalue weighted by Gasteiger charge is -2.01. The molecule has 0 spiro atoms.